The lowest BCUT2D eigenvalue weighted by atomic mass is 9.97. The molecule has 0 aliphatic carbocycles. The second-order valence-corrected chi connectivity index (χ2v) is 8.28. The fourth-order valence-electron chi connectivity index (χ4n) is 3.51. The largest absolute Gasteiger partial charge is 0.493 e. The van der Waals surface area contributed by atoms with Crippen molar-refractivity contribution in [3.05, 3.63) is 54.1 Å². The summed E-state index contributed by atoms with van der Waals surface area (Å²) < 4.78 is 54.7. The zero-order valence-electron chi connectivity index (χ0n) is 17.0. The smallest absolute Gasteiger partial charge is 0.416 e. The Morgan fingerprint density at radius 3 is 2.10 bits per heavy atom. The summed E-state index contributed by atoms with van der Waals surface area (Å²) in [4.78, 5) is 2.34. The van der Waals surface area contributed by atoms with Crippen LogP contribution in [0.25, 0.3) is 0 Å². The molecule has 162 valence electrons. The Balaban J connectivity index is 1.21. The molecule has 7 heteroatoms. The minimum Gasteiger partial charge on any atom is -0.493 e. The Kier molecular flexibility index (Phi) is 5.82. The van der Waals surface area contributed by atoms with Gasteiger partial charge in [-0.1, -0.05) is 0 Å². The Morgan fingerprint density at radius 2 is 1.53 bits per heavy atom. The molecule has 2 aromatic rings. The van der Waals surface area contributed by atoms with Crippen LogP contribution in [0, 0.1) is 5.92 Å². The van der Waals surface area contributed by atoms with Gasteiger partial charge in [-0.3, -0.25) is 0 Å². The van der Waals surface area contributed by atoms with E-state index in [1.807, 2.05) is 19.1 Å². The maximum atomic E-state index is 12.6. The van der Waals surface area contributed by atoms with Crippen LogP contribution in [0.2, 0.25) is 0 Å². The van der Waals surface area contributed by atoms with Crippen LogP contribution in [0.3, 0.4) is 0 Å². The van der Waals surface area contributed by atoms with Gasteiger partial charge in [0, 0.05) is 18.8 Å². The molecule has 0 bridgehead atoms. The van der Waals surface area contributed by atoms with E-state index < -0.39 is 11.7 Å². The molecule has 0 aromatic heterocycles. The molecule has 0 amide bonds. The van der Waals surface area contributed by atoms with Crippen LogP contribution >= 0.6 is 0 Å². The Morgan fingerprint density at radius 1 is 0.967 bits per heavy atom. The van der Waals surface area contributed by atoms with Crippen molar-refractivity contribution >= 4 is 5.69 Å². The summed E-state index contributed by atoms with van der Waals surface area (Å²) in [6.07, 6.45) is -2.36. The van der Waals surface area contributed by atoms with Crippen LogP contribution in [0.1, 0.15) is 25.3 Å². The molecule has 0 spiro atoms. The fraction of sp³-hybridized carbons (Fsp3) is 0.478. The van der Waals surface area contributed by atoms with Crippen molar-refractivity contribution < 1.29 is 27.4 Å². The van der Waals surface area contributed by atoms with Crippen molar-refractivity contribution in [2.45, 2.75) is 31.5 Å². The first-order valence-electron chi connectivity index (χ1n) is 10.2. The predicted molar refractivity (Wildman–Crippen MR) is 108 cm³/mol. The number of nitrogens with zero attached hydrogens (tertiary/aromatic N) is 1. The molecular weight excluding hydrogens is 395 g/mol. The first-order chi connectivity index (χ1) is 14.3. The summed E-state index contributed by atoms with van der Waals surface area (Å²) in [5, 5.41) is 0. The monoisotopic (exact) mass is 421 g/mol. The van der Waals surface area contributed by atoms with Crippen molar-refractivity contribution in [2.75, 3.05) is 37.8 Å². The third kappa shape index (κ3) is 5.39. The van der Waals surface area contributed by atoms with E-state index in [9.17, 15) is 13.2 Å². The molecule has 0 radical (unpaired) electrons. The highest BCUT2D eigenvalue weighted by Crippen LogP contribution is 2.31. The highest BCUT2D eigenvalue weighted by atomic mass is 19.4. The standard InChI is InChI=1S/C23H26F3NO3/c1-22(16-30-22)15-29-21-8-4-19(5-9-21)27-12-10-17(11-13-27)14-28-20-6-2-18(3-7-20)23(24,25)26/h2-9,17H,10-16H2,1H3. The quantitative estimate of drug-likeness (QED) is 0.578. The third-order valence-corrected chi connectivity index (χ3v) is 5.67. The van der Waals surface area contributed by atoms with Crippen LogP contribution in [0.5, 0.6) is 11.5 Å². The maximum Gasteiger partial charge on any atom is 0.416 e. The van der Waals surface area contributed by atoms with E-state index in [0.29, 0.717) is 24.9 Å². The zero-order valence-corrected chi connectivity index (χ0v) is 17.0. The molecule has 0 N–H and O–H groups in total. The molecule has 1 atom stereocenters. The van der Waals surface area contributed by atoms with Crippen molar-refractivity contribution in [2.24, 2.45) is 5.92 Å². The van der Waals surface area contributed by atoms with E-state index in [4.69, 9.17) is 14.2 Å². The summed E-state index contributed by atoms with van der Waals surface area (Å²) in [6, 6.07) is 13.0. The summed E-state index contributed by atoms with van der Waals surface area (Å²) in [7, 11) is 0. The average Bonchev–Trinajstić information content (AvgIpc) is 3.49. The van der Waals surface area contributed by atoms with Gasteiger partial charge in [-0.05, 0) is 74.2 Å². The number of hydrogen-bond acceptors (Lipinski definition) is 4. The van der Waals surface area contributed by atoms with Crippen LogP contribution < -0.4 is 14.4 Å². The molecule has 2 saturated heterocycles. The SMILES string of the molecule is CC1(COc2ccc(N3CCC(COc4ccc(C(F)(F)F)cc4)CC3)cc2)CO1. The Labute approximate surface area is 174 Å². The van der Waals surface area contributed by atoms with E-state index in [1.165, 1.54) is 17.8 Å². The van der Waals surface area contributed by atoms with Gasteiger partial charge in [0.1, 0.15) is 23.7 Å². The number of piperidine rings is 1. The topological polar surface area (TPSA) is 34.2 Å². The molecule has 2 heterocycles. The number of benzene rings is 2. The van der Waals surface area contributed by atoms with Crippen molar-refractivity contribution in [3.63, 3.8) is 0 Å². The lowest BCUT2D eigenvalue weighted by molar-refractivity contribution is -0.137. The number of rotatable bonds is 7. The van der Waals surface area contributed by atoms with Gasteiger partial charge in [-0.2, -0.15) is 13.2 Å². The molecule has 2 aliphatic rings. The Hall–Kier alpha value is -2.41. The summed E-state index contributed by atoms with van der Waals surface area (Å²) >= 11 is 0. The minimum absolute atomic E-state index is 0.122. The molecule has 2 aromatic carbocycles. The predicted octanol–water partition coefficient (Wildman–Crippen LogP) is 5.17. The summed E-state index contributed by atoms with van der Waals surface area (Å²) in [5.41, 5.74) is 0.385. The molecular formula is C23H26F3NO3. The highest BCUT2D eigenvalue weighted by molar-refractivity contribution is 5.49. The van der Waals surface area contributed by atoms with Crippen LogP contribution in [0.15, 0.2) is 48.5 Å². The Bertz CT molecular complexity index is 824. The van der Waals surface area contributed by atoms with Gasteiger partial charge in [-0.25, -0.2) is 0 Å². The molecule has 4 rings (SSSR count). The second kappa shape index (κ2) is 8.38. The highest BCUT2D eigenvalue weighted by Gasteiger charge is 2.40. The van der Waals surface area contributed by atoms with Crippen LogP contribution in [-0.4, -0.2) is 38.5 Å². The van der Waals surface area contributed by atoms with Gasteiger partial charge in [0.15, 0.2) is 0 Å². The van der Waals surface area contributed by atoms with Gasteiger partial charge in [0.05, 0.1) is 18.8 Å². The number of anilines is 1. The number of halogens is 3. The van der Waals surface area contributed by atoms with Gasteiger partial charge in [0.25, 0.3) is 0 Å². The number of alkyl halides is 3. The third-order valence-electron chi connectivity index (χ3n) is 5.67. The molecule has 2 aliphatic heterocycles. The first kappa shape index (κ1) is 20.8. The number of hydrogen-bond donors (Lipinski definition) is 0. The lowest BCUT2D eigenvalue weighted by Crippen LogP contribution is -2.35. The summed E-state index contributed by atoms with van der Waals surface area (Å²) in [5.74, 6) is 1.72. The van der Waals surface area contributed by atoms with Gasteiger partial charge in [0.2, 0.25) is 0 Å². The van der Waals surface area contributed by atoms with E-state index in [2.05, 4.69) is 17.0 Å². The second-order valence-electron chi connectivity index (χ2n) is 8.28. The van der Waals surface area contributed by atoms with Crippen LogP contribution in [0.4, 0.5) is 18.9 Å². The number of epoxide rings is 1. The normalized spacial score (nSPS) is 22.1. The van der Waals surface area contributed by atoms with E-state index in [0.717, 1.165) is 50.4 Å². The average molecular weight is 421 g/mol. The zero-order chi connectivity index (χ0) is 21.2. The molecule has 30 heavy (non-hydrogen) atoms. The van der Waals surface area contributed by atoms with Crippen molar-refractivity contribution in [1.82, 2.24) is 0 Å². The molecule has 4 nitrogen and oxygen atoms in total. The van der Waals surface area contributed by atoms with E-state index in [-0.39, 0.29) is 5.60 Å². The number of ether oxygens (including phenoxy) is 3. The van der Waals surface area contributed by atoms with Gasteiger partial charge < -0.3 is 19.1 Å². The summed E-state index contributed by atoms with van der Waals surface area (Å²) in [6.45, 7) is 5.72. The van der Waals surface area contributed by atoms with Gasteiger partial charge in [-0.15, -0.1) is 0 Å². The minimum atomic E-state index is -4.32. The maximum absolute atomic E-state index is 12.6. The fourth-order valence-corrected chi connectivity index (χ4v) is 3.51. The molecule has 0 saturated carbocycles. The van der Waals surface area contributed by atoms with Gasteiger partial charge >= 0.3 is 6.18 Å². The molecule has 2 fully saturated rings. The molecule has 1 unspecified atom stereocenters. The van der Waals surface area contributed by atoms with E-state index >= 15 is 0 Å². The van der Waals surface area contributed by atoms with E-state index in [1.54, 1.807) is 0 Å². The lowest BCUT2D eigenvalue weighted by Gasteiger charge is -2.33. The van der Waals surface area contributed by atoms with Crippen LogP contribution in [-0.2, 0) is 10.9 Å². The van der Waals surface area contributed by atoms with Crippen molar-refractivity contribution in [1.29, 1.82) is 0 Å². The van der Waals surface area contributed by atoms with Crippen molar-refractivity contribution in [3.8, 4) is 11.5 Å². The first-order valence-corrected chi connectivity index (χ1v) is 10.2.